The number of rotatable bonds is 20. The van der Waals surface area contributed by atoms with Gasteiger partial charge in [-0.05, 0) is 57.1 Å². The van der Waals surface area contributed by atoms with E-state index in [1.165, 1.54) is 44.1 Å². The SMILES string of the molecule is CCCCCCCCc1ccc(CC(CCP(=O)(OCC)OCC)NC(=O)OCCCC)cc1. The average molecular weight is 498 g/mol. The Morgan fingerprint density at radius 3 is 2.06 bits per heavy atom. The Labute approximate surface area is 208 Å². The lowest BCUT2D eigenvalue weighted by molar-refractivity contribution is 0.140. The van der Waals surface area contributed by atoms with Gasteiger partial charge in [-0.2, -0.15) is 0 Å². The Kier molecular flexibility index (Phi) is 17.1. The number of aryl methyl sites for hydroxylation is 1. The van der Waals surface area contributed by atoms with Crippen LogP contribution in [0.3, 0.4) is 0 Å². The van der Waals surface area contributed by atoms with E-state index in [0.717, 1.165) is 24.8 Å². The zero-order valence-corrected chi connectivity index (χ0v) is 22.9. The van der Waals surface area contributed by atoms with Crippen LogP contribution in [0.1, 0.15) is 96.6 Å². The average Bonchev–Trinajstić information content (AvgIpc) is 2.81. The van der Waals surface area contributed by atoms with Crippen LogP contribution in [0, 0.1) is 0 Å². The highest BCUT2D eigenvalue weighted by molar-refractivity contribution is 7.53. The molecule has 7 heteroatoms. The summed E-state index contributed by atoms with van der Waals surface area (Å²) in [5, 5.41) is 2.96. The van der Waals surface area contributed by atoms with Crippen LogP contribution in [0.5, 0.6) is 0 Å². The summed E-state index contributed by atoms with van der Waals surface area (Å²) in [6.45, 7) is 8.97. The van der Waals surface area contributed by atoms with Crippen LogP contribution in [0.4, 0.5) is 4.79 Å². The lowest BCUT2D eigenvalue weighted by Crippen LogP contribution is -2.37. The molecule has 1 atom stereocenters. The number of benzene rings is 1. The number of alkyl carbamates (subject to hydrolysis) is 1. The molecule has 0 spiro atoms. The van der Waals surface area contributed by atoms with Gasteiger partial charge in [0.2, 0.25) is 0 Å². The molecule has 0 radical (unpaired) electrons. The molecular weight excluding hydrogens is 449 g/mol. The van der Waals surface area contributed by atoms with Crippen molar-refractivity contribution in [2.75, 3.05) is 26.0 Å². The van der Waals surface area contributed by atoms with E-state index in [2.05, 4.69) is 43.4 Å². The molecule has 1 rings (SSSR count). The molecular formula is C27H48NO5P. The van der Waals surface area contributed by atoms with Gasteiger partial charge in [0.05, 0.1) is 26.0 Å². The molecule has 1 aromatic carbocycles. The van der Waals surface area contributed by atoms with E-state index < -0.39 is 13.7 Å². The van der Waals surface area contributed by atoms with Crippen molar-refractivity contribution >= 4 is 13.7 Å². The summed E-state index contributed by atoms with van der Waals surface area (Å²) in [7, 11) is -3.17. The Morgan fingerprint density at radius 1 is 0.853 bits per heavy atom. The summed E-state index contributed by atoms with van der Waals surface area (Å²) >= 11 is 0. The van der Waals surface area contributed by atoms with E-state index in [4.69, 9.17) is 13.8 Å². The van der Waals surface area contributed by atoms with E-state index in [1.807, 2.05) is 0 Å². The summed E-state index contributed by atoms with van der Waals surface area (Å²) in [6.07, 6.45) is 11.6. The number of unbranched alkanes of at least 4 members (excludes halogenated alkanes) is 6. The van der Waals surface area contributed by atoms with Crippen molar-refractivity contribution < 1.29 is 23.1 Å². The minimum atomic E-state index is -3.17. The zero-order chi connectivity index (χ0) is 25.1. The van der Waals surface area contributed by atoms with Gasteiger partial charge in [0, 0.05) is 6.04 Å². The Morgan fingerprint density at radius 2 is 1.44 bits per heavy atom. The molecule has 0 saturated carbocycles. The van der Waals surface area contributed by atoms with Gasteiger partial charge in [0.15, 0.2) is 0 Å². The van der Waals surface area contributed by atoms with Crippen molar-refractivity contribution in [2.45, 2.75) is 104 Å². The third-order valence-corrected chi connectivity index (χ3v) is 7.89. The highest BCUT2D eigenvalue weighted by atomic mass is 31.2. The first-order chi connectivity index (χ1) is 16.5. The first-order valence-electron chi connectivity index (χ1n) is 13.4. The Hall–Kier alpha value is -1.36. The molecule has 0 heterocycles. The molecule has 1 aromatic rings. The molecule has 0 bridgehead atoms. The summed E-state index contributed by atoms with van der Waals surface area (Å²) in [5.41, 5.74) is 2.48. The van der Waals surface area contributed by atoms with Crippen LogP contribution in [0.2, 0.25) is 0 Å². The van der Waals surface area contributed by atoms with Crippen molar-refractivity contribution in [3.63, 3.8) is 0 Å². The van der Waals surface area contributed by atoms with Gasteiger partial charge >= 0.3 is 13.7 Å². The van der Waals surface area contributed by atoms with Gasteiger partial charge in [0.1, 0.15) is 0 Å². The summed E-state index contributed by atoms with van der Waals surface area (Å²) in [6, 6.07) is 8.42. The van der Waals surface area contributed by atoms with E-state index in [-0.39, 0.29) is 12.2 Å². The number of ether oxygens (including phenoxy) is 1. The second kappa shape index (κ2) is 18.9. The topological polar surface area (TPSA) is 73.9 Å². The lowest BCUT2D eigenvalue weighted by atomic mass is 10.00. The predicted molar refractivity (Wildman–Crippen MR) is 141 cm³/mol. The number of hydrogen-bond acceptors (Lipinski definition) is 5. The molecule has 1 amide bonds. The van der Waals surface area contributed by atoms with Crippen molar-refractivity contribution in [1.82, 2.24) is 5.32 Å². The minimum Gasteiger partial charge on any atom is -0.450 e. The maximum atomic E-state index is 12.9. The standard InChI is InChI=1S/C27H48NO5P/c1-5-9-11-12-13-14-15-24-16-18-25(19-17-24)23-26(28-27(29)31-21-10-6-2)20-22-34(30,32-7-3)33-8-4/h16-19,26H,5-15,20-23H2,1-4H3,(H,28,29). The largest absolute Gasteiger partial charge is 0.450 e. The van der Waals surface area contributed by atoms with Gasteiger partial charge in [0.25, 0.3) is 0 Å². The van der Waals surface area contributed by atoms with E-state index >= 15 is 0 Å². The summed E-state index contributed by atoms with van der Waals surface area (Å²) in [4.78, 5) is 12.3. The molecule has 34 heavy (non-hydrogen) atoms. The van der Waals surface area contributed by atoms with Gasteiger partial charge in [-0.25, -0.2) is 4.79 Å². The van der Waals surface area contributed by atoms with Crippen molar-refractivity contribution in [2.24, 2.45) is 0 Å². The number of nitrogens with one attached hydrogen (secondary N) is 1. The molecule has 0 aliphatic carbocycles. The van der Waals surface area contributed by atoms with Crippen molar-refractivity contribution in [1.29, 1.82) is 0 Å². The fourth-order valence-electron chi connectivity index (χ4n) is 3.85. The number of carbonyl (C=O) groups excluding carboxylic acids is 1. The number of carbonyl (C=O) groups is 1. The smallest absolute Gasteiger partial charge is 0.407 e. The second-order valence-corrected chi connectivity index (χ2v) is 11.0. The van der Waals surface area contributed by atoms with Crippen LogP contribution < -0.4 is 5.32 Å². The number of hydrogen-bond donors (Lipinski definition) is 1. The van der Waals surface area contributed by atoms with E-state index in [0.29, 0.717) is 32.7 Å². The van der Waals surface area contributed by atoms with E-state index in [9.17, 15) is 9.36 Å². The lowest BCUT2D eigenvalue weighted by Gasteiger charge is -2.22. The third kappa shape index (κ3) is 14.1. The molecule has 1 N–H and O–H groups in total. The summed E-state index contributed by atoms with van der Waals surface area (Å²) in [5.74, 6) is 0. The second-order valence-electron chi connectivity index (χ2n) is 8.83. The fourth-order valence-corrected chi connectivity index (χ4v) is 5.60. The molecule has 196 valence electrons. The first kappa shape index (κ1) is 30.7. The van der Waals surface area contributed by atoms with Gasteiger partial charge in [-0.1, -0.05) is 76.6 Å². The number of amides is 1. The maximum absolute atomic E-state index is 12.9. The van der Waals surface area contributed by atoms with Crippen LogP contribution >= 0.6 is 7.60 Å². The Balaban J connectivity index is 2.68. The monoisotopic (exact) mass is 497 g/mol. The zero-order valence-electron chi connectivity index (χ0n) is 22.0. The van der Waals surface area contributed by atoms with Gasteiger partial charge < -0.3 is 19.1 Å². The van der Waals surface area contributed by atoms with Crippen molar-refractivity contribution in [3.05, 3.63) is 35.4 Å². The molecule has 0 saturated heterocycles. The van der Waals surface area contributed by atoms with Crippen LogP contribution in [0.15, 0.2) is 24.3 Å². The predicted octanol–water partition coefficient (Wildman–Crippen LogP) is 7.68. The van der Waals surface area contributed by atoms with Crippen LogP contribution in [-0.2, 0) is 31.2 Å². The third-order valence-electron chi connectivity index (χ3n) is 5.78. The van der Waals surface area contributed by atoms with Crippen LogP contribution in [0.25, 0.3) is 0 Å². The highest BCUT2D eigenvalue weighted by Crippen LogP contribution is 2.48. The molecule has 0 aliphatic heterocycles. The maximum Gasteiger partial charge on any atom is 0.407 e. The fraction of sp³-hybridized carbons (Fsp3) is 0.741. The molecule has 0 fully saturated rings. The quantitative estimate of drug-likeness (QED) is 0.148. The molecule has 0 aliphatic rings. The normalized spacial score (nSPS) is 12.5. The molecule has 0 aromatic heterocycles. The van der Waals surface area contributed by atoms with Gasteiger partial charge in [-0.15, -0.1) is 0 Å². The molecule has 6 nitrogen and oxygen atoms in total. The summed E-state index contributed by atoms with van der Waals surface area (Å²) < 4.78 is 29.1. The Bertz CT molecular complexity index is 685. The highest BCUT2D eigenvalue weighted by Gasteiger charge is 2.26. The molecule has 1 unspecified atom stereocenters. The van der Waals surface area contributed by atoms with Crippen LogP contribution in [-0.4, -0.2) is 38.1 Å². The van der Waals surface area contributed by atoms with Gasteiger partial charge in [-0.3, -0.25) is 4.57 Å². The van der Waals surface area contributed by atoms with Crippen molar-refractivity contribution in [3.8, 4) is 0 Å². The minimum absolute atomic E-state index is 0.215. The first-order valence-corrected chi connectivity index (χ1v) is 15.1. The van der Waals surface area contributed by atoms with E-state index in [1.54, 1.807) is 13.8 Å².